The monoisotopic (exact) mass is 264 g/mol. The van der Waals surface area contributed by atoms with E-state index in [-0.39, 0.29) is 6.10 Å². The van der Waals surface area contributed by atoms with Gasteiger partial charge in [-0.1, -0.05) is 5.16 Å². The van der Waals surface area contributed by atoms with E-state index in [0.717, 1.165) is 5.56 Å². The summed E-state index contributed by atoms with van der Waals surface area (Å²) in [7, 11) is 4.76. The molecule has 0 saturated heterocycles. The van der Waals surface area contributed by atoms with Crippen molar-refractivity contribution in [3.8, 4) is 22.9 Å². The Hall–Kier alpha value is -2.08. The third-order valence-corrected chi connectivity index (χ3v) is 2.79. The second kappa shape index (κ2) is 5.71. The highest BCUT2D eigenvalue weighted by molar-refractivity contribution is 5.65. The fourth-order valence-corrected chi connectivity index (χ4v) is 1.59. The Labute approximate surface area is 111 Å². The lowest BCUT2D eigenvalue weighted by atomic mass is 10.2. The number of nitrogens with zero attached hydrogens (tertiary/aromatic N) is 2. The minimum absolute atomic E-state index is 0.245. The van der Waals surface area contributed by atoms with Crippen LogP contribution in [0.5, 0.6) is 11.5 Å². The minimum Gasteiger partial charge on any atom is -0.497 e. The number of aromatic nitrogens is 2. The Bertz CT molecular complexity index is 553. The Morgan fingerprint density at radius 1 is 1.16 bits per heavy atom. The normalized spacial score (nSPS) is 12.2. The average Bonchev–Trinajstić information content (AvgIpc) is 2.95. The summed E-state index contributed by atoms with van der Waals surface area (Å²) >= 11 is 0. The lowest BCUT2D eigenvalue weighted by Crippen LogP contribution is -1.96. The van der Waals surface area contributed by atoms with Crippen LogP contribution < -0.4 is 9.47 Å². The van der Waals surface area contributed by atoms with E-state index in [2.05, 4.69) is 10.1 Å². The van der Waals surface area contributed by atoms with E-state index in [0.29, 0.717) is 23.2 Å². The second-order valence-electron chi connectivity index (χ2n) is 3.90. The van der Waals surface area contributed by atoms with Crippen LogP contribution in [0.1, 0.15) is 18.9 Å². The summed E-state index contributed by atoms with van der Waals surface area (Å²) in [5.74, 6) is 2.21. The summed E-state index contributed by atoms with van der Waals surface area (Å²) in [5, 5.41) is 3.93. The molecule has 0 aliphatic carbocycles. The molecule has 0 amide bonds. The lowest BCUT2D eigenvalue weighted by molar-refractivity contribution is 0.0886. The molecule has 0 fully saturated rings. The maximum atomic E-state index is 5.31. The van der Waals surface area contributed by atoms with Gasteiger partial charge in [-0.15, -0.1) is 0 Å². The molecule has 102 valence electrons. The number of rotatable bonds is 5. The molecule has 2 rings (SSSR count). The van der Waals surface area contributed by atoms with Crippen molar-refractivity contribution in [3.63, 3.8) is 0 Å². The molecule has 1 heterocycles. The van der Waals surface area contributed by atoms with E-state index in [1.165, 1.54) is 0 Å². The van der Waals surface area contributed by atoms with E-state index < -0.39 is 0 Å². The van der Waals surface area contributed by atoms with Crippen LogP contribution >= 0.6 is 0 Å². The van der Waals surface area contributed by atoms with Crippen molar-refractivity contribution in [1.29, 1.82) is 0 Å². The van der Waals surface area contributed by atoms with Crippen LogP contribution in [0.15, 0.2) is 22.7 Å². The Morgan fingerprint density at radius 2 is 1.95 bits per heavy atom. The van der Waals surface area contributed by atoms with Gasteiger partial charge in [-0.25, -0.2) is 0 Å². The molecule has 2 aromatic rings. The molecule has 0 aliphatic rings. The topological polar surface area (TPSA) is 66.6 Å². The Morgan fingerprint density at radius 3 is 2.58 bits per heavy atom. The molecular weight excluding hydrogens is 248 g/mol. The first-order chi connectivity index (χ1) is 9.19. The Kier molecular flexibility index (Phi) is 4.01. The van der Waals surface area contributed by atoms with Crippen molar-refractivity contribution < 1.29 is 18.7 Å². The van der Waals surface area contributed by atoms with Crippen LogP contribution in [0.2, 0.25) is 0 Å². The molecule has 1 aromatic carbocycles. The van der Waals surface area contributed by atoms with Gasteiger partial charge in [0.15, 0.2) is 0 Å². The van der Waals surface area contributed by atoms with Gasteiger partial charge in [0.25, 0.3) is 5.89 Å². The molecule has 0 aliphatic heterocycles. The highest BCUT2D eigenvalue weighted by atomic mass is 16.5. The molecular formula is C13H16N2O4. The fraction of sp³-hybridized carbons (Fsp3) is 0.385. The summed E-state index contributed by atoms with van der Waals surface area (Å²) in [5.41, 5.74) is 0.738. The molecule has 0 unspecified atom stereocenters. The first-order valence-corrected chi connectivity index (χ1v) is 5.78. The summed E-state index contributed by atoms with van der Waals surface area (Å²) in [6, 6.07) is 5.41. The molecule has 0 saturated carbocycles. The first kappa shape index (κ1) is 13.4. The first-order valence-electron chi connectivity index (χ1n) is 5.78. The van der Waals surface area contributed by atoms with Crippen molar-refractivity contribution in [2.45, 2.75) is 13.0 Å². The molecule has 1 aromatic heterocycles. The average molecular weight is 264 g/mol. The molecule has 0 spiro atoms. The van der Waals surface area contributed by atoms with E-state index in [9.17, 15) is 0 Å². The zero-order chi connectivity index (χ0) is 13.8. The van der Waals surface area contributed by atoms with Crippen LogP contribution in [0.25, 0.3) is 11.4 Å². The lowest BCUT2D eigenvalue weighted by Gasteiger charge is -2.07. The van der Waals surface area contributed by atoms with E-state index in [1.807, 2.05) is 19.1 Å². The predicted octanol–water partition coefficient (Wildman–Crippen LogP) is 2.46. The van der Waals surface area contributed by atoms with Gasteiger partial charge in [-0.05, 0) is 19.1 Å². The summed E-state index contributed by atoms with van der Waals surface area (Å²) in [4.78, 5) is 4.29. The third-order valence-electron chi connectivity index (χ3n) is 2.79. The van der Waals surface area contributed by atoms with Gasteiger partial charge in [0.2, 0.25) is 5.82 Å². The summed E-state index contributed by atoms with van der Waals surface area (Å²) in [6.07, 6.45) is -0.245. The van der Waals surface area contributed by atoms with Crippen LogP contribution in [0.4, 0.5) is 0 Å². The number of methoxy groups -OCH3 is 3. The summed E-state index contributed by atoms with van der Waals surface area (Å²) < 4.78 is 20.7. The number of hydrogen-bond acceptors (Lipinski definition) is 6. The second-order valence-corrected chi connectivity index (χ2v) is 3.90. The van der Waals surface area contributed by atoms with Crippen molar-refractivity contribution in [1.82, 2.24) is 10.1 Å². The minimum atomic E-state index is -0.245. The quantitative estimate of drug-likeness (QED) is 0.826. The number of hydrogen-bond donors (Lipinski definition) is 0. The third kappa shape index (κ3) is 2.68. The van der Waals surface area contributed by atoms with Gasteiger partial charge in [0.05, 0.1) is 19.8 Å². The van der Waals surface area contributed by atoms with Gasteiger partial charge in [-0.3, -0.25) is 0 Å². The maximum absolute atomic E-state index is 5.31. The van der Waals surface area contributed by atoms with Gasteiger partial charge < -0.3 is 18.7 Å². The van der Waals surface area contributed by atoms with Crippen LogP contribution in [-0.2, 0) is 4.74 Å². The van der Waals surface area contributed by atoms with Gasteiger partial charge in [0, 0.05) is 13.2 Å². The molecule has 0 bridgehead atoms. The van der Waals surface area contributed by atoms with E-state index in [4.69, 9.17) is 18.7 Å². The number of ether oxygens (including phenoxy) is 3. The summed E-state index contributed by atoms with van der Waals surface area (Å²) in [6.45, 7) is 1.84. The fourth-order valence-electron chi connectivity index (χ4n) is 1.59. The zero-order valence-electron chi connectivity index (χ0n) is 11.3. The van der Waals surface area contributed by atoms with Crippen LogP contribution in [0, 0.1) is 0 Å². The molecule has 19 heavy (non-hydrogen) atoms. The van der Waals surface area contributed by atoms with Crippen molar-refractivity contribution in [2.75, 3.05) is 21.3 Å². The smallest absolute Gasteiger partial charge is 0.255 e. The highest BCUT2D eigenvalue weighted by Gasteiger charge is 2.17. The van der Waals surface area contributed by atoms with Crippen LogP contribution in [0.3, 0.4) is 0 Å². The van der Waals surface area contributed by atoms with E-state index >= 15 is 0 Å². The Balaban J connectivity index is 2.38. The molecule has 0 N–H and O–H groups in total. The zero-order valence-corrected chi connectivity index (χ0v) is 11.3. The van der Waals surface area contributed by atoms with Crippen molar-refractivity contribution >= 4 is 0 Å². The van der Waals surface area contributed by atoms with Crippen LogP contribution in [-0.4, -0.2) is 31.5 Å². The highest BCUT2D eigenvalue weighted by Crippen LogP contribution is 2.32. The van der Waals surface area contributed by atoms with Gasteiger partial charge in [-0.2, -0.15) is 4.98 Å². The number of benzene rings is 1. The largest absolute Gasteiger partial charge is 0.497 e. The maximum Gasteiger partial charge on any atom is 0.255 e. The molecule has 1 atom stereocenters. The molecule has 0 radical (unpaired) electrons. The van der Waals surface area contributed by atoms with Crippen molar-refractivity contribution in [2.24, 2.45) is 0 Å². The standard InChI is InChI=1S/C13H16N2O4/c1-8(16-2)13-14-12(15-19-13)10-6-5-9(17-3)7-11(10)18-4/h5-8H,1-4H3/t8-/m0/s1. The van der Waals surface area contributed by atoms with Gasteiger partial charge in [0.1, 0.15) is 17.6 Å². The van der Waals surface area contributed by atoms with Gasteiger partial charge >= 0.3 is 0 Å². The van der Waals surface area contributed by atoms with E-state index in [1.54, 1.807) is 27.4 Å². The predicted molar refractivity (Wildman–Crippen MR) is 68.3 cm³/mol. The van der Waals surface area contributed by atoms with Crippen molar-refractivity contribution in [3.05, 3.63) is 24.1 Å². The molecule has 6 heteroatoms. The SMILES string of the molecule is COc1ccc(-c2noc([C@H](C)OC)n2)c(OC)c1. The molecule has 6 nitrogen and oxygen atoms in total.